The summed E-state index contributed by atoms with van der Waals surface area (Å²) in [7, 11) is 2.10. The molecule has 1 heterocycles. The molecule has 1 aliphatic rings. The molecular formula is C13H27N3O. The first-order valence-electron chi connectivity index (χ1n) is 6.83. The van der Waals surface area contributed by atoms with E-state index >= 15 is 0 Å². The molecule has 1 N–H and O–H groups in total. The highest BCUT2D eigenvalue weighted by molar-refractivity contribution is 5.78. The second-order valence-corrected chi connectivity index (χ2v) is 5.11. The summed E-state index contributed by atoms with van der Waals surface area (Å²) in [5, 5.41) is 3.32. The van der Waals surface area contributed by atoms with Crippen molar-refractivity contribution in [1.29, 1.82) is 0 Å². The van der Waals surface area contributed by atoms with Crippen LogP contribution in [0, 0.1) is 0 Å². The summed E-state index contributed by atoms with van der Waals surface area (Å²) in [4.78, 5) is 16.2. The van der Waals surface area contributed by atoms with E-state index < -0.39 is 0 Å². The van der Waals surface area contributed by atoms with Crippen LogP contribution in [0.25, 0.3) is 0 Å². The van der Waals surface area contributed by atoms with E-state index in [0.717, 1.165) is 32.6 Å². The minimum absolute atomic E-state index is 0.251. The summed E-state index contributed by atoms with van der Waals surface area (Å²) < 4.78 is 0. The Bertz CT molecular complexity index is 225. The molecule has 1 unspecified atom stereocenters. The Balaban J connectivity index is 2.16. The third-order valence-corrected chi connectivity index (χ3v) is 3.45. The number of amides is 1. The summed E-state index contributed by atoms with van der Waals surface area (Å²) in [6, 6.07) is 0.450. The number of carbonyl (C=O) groups excluding carboxylic acids is 1. The minimum atomic E-state index is 0.251. The Morgan fingerprint density at radius 3 is 2.53 bits per heavy atom. The maximum absolute atomic E-state index is 11.9. The number of hydrogen-bond donors (Lipinski definition) is 1. The van der Waals surface area contributed by atoms with Crippen LogP contribution in [0.2, 0.25) is 0 Å². The monoisotopic (exact) mass is 241 g/mol. The Kier molecular flexibility index (Phi) is 6.52. The van der Waals surface area contributed by atoms with Crippen molar-refractivity contribution < 1.29 is 4.79 Å². The molecule has 1 amide bonds. The molecule has 0 aromatic rings. The summed E-state index contributed by atoms with van der Waals surface area (Å²) in [6.07, 6.45) is 3.61. The highest BCUT2D eigenvalue weighted by Gasteiger charge is 2.18. The van der Waals surface area contributed by atoms with Gasteiger partial charge in [-0.3, -0.25) is 4.79 Å². The zero-order valence-electron chi connectivity index (χ0n) is 11.5. The van der Waals surface area contributed by atoms with Gasteiger partial charge in [-0.2, -0.15) is 0 Å². The molecule has 17 heavy (non-hydrogen) atoms. The Morgan fingerprint density at radius 1 is 1.29 bits per heavy atom. The number of nitrogens with one attached hydrogen (secondary N) is 1. The first kappa shape index (κ1) is 14.5. The van der Waals surface area contributed by atoms with Crippen LogP contribution >= 0.6 is 0 Å². The summed E-state index contributed by atoms with van der Waals surface area (Å²) in [5.74, 6) is 0.251. The van der Waals surface area contributed by atoms with E-state index in [4.69, 9.17) is 0 Å². The van der Waals surface area contributed by atoms with Crippen LogP contribution in [0.4, 0.5) is 0 Å². The SMILES string of the molecule is CCCCC(C)NCC(=O)N1CCN(C)CC1. The fraction of sp³-hybridized carbons (Fsp3) is 0.923. The van der Waals surface area contributed by atoms with Crippen LogP contribution < -0.4 is 5.32 Å². The topological polar surface area (TPSA) is 35.6 Å². The lowest BCUT2D eigenvalue weighted by Crippen LogP contribution is -2.50. The molecule has 100 valence electrons. The van der Waals surface area contributed by atoms with Gasteiger partial charge in [0, 0.05) is 32.2 Å². The largest absolute Gasteiger partial charge is 0.339 e. The second-order valence-electron chi connectivity index (χ2n) is 5.11. The molecule has 0 aromatic heterocycles. The molecular weight excluding hydrogens is 214 g/mol. The number of rotatable bonds is 6. The standard InChI is InChI=1S/C13H27N3O/c1-4-5-6-12(2)14-11-13(17)16-9-7-15(3)8-10-16/h12,14H,4-11H2,1-3H3. The van der Waals surface area contributed by atoms with E-state index in [1.165, 1.54) is 12.8 Å². The zero-order chi connectivity index (χ0) is 12.7. The van der Waals surface area contributed by atoms with E-state index in [-0.39, 0.29) is 5.91 Å². The molecule has 1 rings (SSSR count). The van der Waals surface area contributed by atoms with Crippen LogP contribution in [0.1, 0.15) is 33.1 Å². The van der Waals surface area contributed by atoms with Crippen LogP contribution in [0.15, 0.2) is 0 Å². The third kappa shape index (κ3) is 5.50. The molecule has 0 aromatic carbocycles. The van der Waals surface area contributed by atoms with Crippen molar-refractivity contribution in [3.63, 3.8) is 0 Å². The number of hydrogen-bond acceptors (Lipinski definition) is 3. The number of piperazine rings is 1. The van der Waals surface area contributed by atoms with Gasteiger partial charge >= 0.3 is 0 Å². The molecule has 0 spiro atoms. The van der Waals surface area contributed by atoms with Gasteiger partial charge in [0.25, 0.3) is 0 Å². The lowest BCUT2D eigenvalue weighted by atomic mass is 10.1. The van der Waals surface area contributed by atoms with Crippen molar-refractivity contribution in [2.45, 2.75) is 39.2 Å². The van der Waals surface area contributed by atoms with Gasteiger partial charge in [-0.1, -0.05) is 19.8 Å². The normalized spacial score (nSPS) is 19.4. The van der Waals surface area contributed by atoms with E-state index in [9.17, 15) is 4.79 Å². The summed E-state index contributed by atoms with van der Waals surface area (Å²) in [5.41, 5.74) is 0. The lowest BCUT2D eigenvalue weighted by molar-refractivity contribution is -0.131. The van der Waals surface area contributed by atoms with Crippen molar-refractivity contribution in [1.82, 2.24) is 15.1 Å². The molecule has 0 bridgehead atoms. The summed E-state index contributed by atoms with van der Waals surface area (Å²) in [6.45, 7) is 8.60. The van der Waals surface area contributed by atoms with Gasteiger partial charge in [-0.15, -0.1) is 0 Å². The van der Waals surface area contributed by atoms with E-state index in [0.29, 0.717) is 12.6 Å². The molecule has 1 aliphatic heterocycles. The van der Waals surface area contributed by atoms with Crippen LogP contribution in [0.5, 0.6) is 0 Å². The van der Waals surface area contributed by atoms with E-state index in [1.54, 1.807) is 0 Å². The molecule has 1 fully saturated rings. The van der Waals surface area contributed by atoms with Crippen molar-refractivity contribution in [2.75, 3.05) is 39.8 Å². The van der Waals surface area contributed by atoms with Gasteiger partial charge in [-0.05, 0) is 20.4 Å². The Labute approximate surface area is 105 Å². The molecule has 4 nitrogen and oxygen atoms in total. The van der Waals surface area contributed by atoms with Gasteiger partial charge in [-0.25, -0.2) is 0 Å². The minimum Gasteiger partial charge on any atom is -0.339 e. The number of carbonyl (C=O) groups is 1. The molecule has 1 atom stereocenters. The van der Waals surface area contributed by atoms with Crippen LogP contribution in [-0.2, 0) is 4.79 Å². The van der Waals surface area contributed by atoms with E-state index in [2.05, 4.69) is 31.1 Å². The average Bonchev–Trinajstić information content (AvgIpc) is 2.34. The highest BCUT2D eigenvalue weighted by atomic mass is 16.2. The van der Waals surface area contributed by atoms with Gasteiger partial charge in [0.15, 0.2) is 0 Å². The molecule has 4 heteroatoms. The van der Waals surface area contributed by atoms with Crippen LogP contribution in [0.3, 0.4) is 0 Å². The predicted octanol–water partition coefficient (Wildman–Crippen LogP) is 0.929. The number of likely N-dealkylation sites (N-methyl/N-ethyl adjacent to an activating group) is 1. The molecule has 0 saturated carbocycles. The van der Waals surface area contributed by atoms with Crippen molar-refractivity contribution >= 4 is 5.91 Å². The van der Waals surface area contributed by atoms with Crippen LogP contribution in [-0.4, -0.2) is 61.5 Å². The first-order chi connectivity index (χ1) is 8.13. The highest BCUT2D eigenvalue weighted by Crippen LogP contribution is 2.01. The Hall–Kier alpha value is -0.610. The number of nitrogens with zero attached hydrogens (tertiary/aromatic N) is 2. The number of unbranched alkanes of at least 4 members (excludes halogenated alkanes) is 1. The molecule has 1 saturated heterocycles. The predicted molar refractivity (Wildman–Crippen MR) is 71.1 cm³/mol. The average molecular weight is 241 g/mol. The summed E-state index contributed by atoms with van der Waals surface area (Å²) >= 11 is 0. The second kappa shape index (κ2) is 7.67. The van der Waals surface area contributed by atoms with Crippen molar-refractivity contribution in [3.05, 3.63) is 0 Å². The molecule has 0 radical (unpaired) electrons. The van der Waals surface area contributed by atoms with Gasteiger partial charge < -0.3 is 15.1 Å². The fourth-order valence-corrected chi connectivity index (χ4v) is 2.04. The van der Waals surface area contributed by atoms with Crippen molar-refractivity contribution in [2.24, 2.45) is 0 Å². The zero-order valence-corrected chi connectivity index (χ0v) is 11.5. The van der Waals surface area contributed by atoms with E-state index in [1.807, 2.05) is 4.90 Å². The van der Waals surface area contributed by atoms with Gasteiger partial charge in [0.05, 0.1) is 6.54 Å². The van der Waals surface area contributed by atoms with Crippen molar-refractivity contribution in [3.8, 4) is 0 Å². The Morgan fingerprint density at radius 2 is 1.94 bits per heavy atom. The maximum atomic E-state index is 11.9. The first-order valence-corrected chi connectivity index (χ1v) is 6.83. The lowest BCUT2D eigenvalue weighted by Gasteiger charge is -2.32. The van der Waals surface area contributed by atoms with Gasteiger partial charge in [0.2, 0.25) is 5.91 Å². The smallest absolute Gasteiger partial charge is 0.236 e. The third-order valence-electron chi connectivity index (χ3n) is 3.45. The van der Waals surface area contributed by atoms with Gasteiger partial charge in [0.1, 0.15) is 0 Å². The quantitative estimate of drug-likeness (QED) is 0.751. The molecule has 0 aliphatic carbocycles. The fourth-order valence-electron chi connectivity index (χ4n) is 2.04. The maximum Gasteiger partial charge on any atom is 0.236 e.